The highest BCUT2D eigenvalue weighted by molar-refractivity contribution is 7.08. The van der Waals surface area contributed by atoms with Crippen molar-refractivity contribution in [2.45, 2.75) is 25.3 Å². The van der Waals surface area contributed by atoms with Gasteiger partial charge < -0.3 is 10.2 Å². The smallest absolute Gasteiger partial charge is 0.254 e. The van der Waals surface area contributed by atoms with Crippen LogP contribution in [0, 0.1) is 0 Å². The number of piperidine rings is 1. The second-order valence-corrected chi connectivity index (χ2v) is 8.50. The average Bonchev–Trinajstić information content (AvgIpc) is 3.48. The molecule has 4 aromatic heterocycles. The van der Waals surface area contributed by atoms with E-state index < -0.39 is 0 Å². The number of aromatic nitrogens is 4. The Bertz CT molecular complexity index is 1190. The van der Waals surface area contributed by atoms with E-state index >= 15 is 0 Å². The first-order chi connectivity index (χ1) is 15.2. The highest BCUT2D eigenvalue weighted by Crippen LogP contribution is 2.29. The van der Waals surface area contributed by atoms with Gasteiger partial charge in [0.2, 0.25) is 0 Å². The summed E-state index contributed by atoms with van der Waals surface area (Å²) >= 11 is 1.54. The Labute approximate surface area is 185 Å². The molecular formula is C22H21BN6OS. The van der Waals surface area contributed by atoms with Gasteiger partial charge >= 0.3 is 0 Å². The van der Waals surface area contributed by atoms with Gasteiger partial charge in [0.15, 0.2) is 5.65 Å². The number of nitrogens with zero attached hydrogens (tertiary/aromatic N) is 5. The van der Waals surface area contributed by atoms with Gasteiger partial charge in [0, 0.05) is 55.6 Å². The van der Waals surface area contributed by atoms with Crippen molar-refractivity contribution in [2.75, 3.05) is 18.4 Å². The van der Waals surface area contributed by atoms with Gasteiger partial charge in [0.1, 0.15) is 13.7 Å². The summed E-state index contributed by atoms with van der Waals surface area (Å²) in [7, 11) is 6.14. The van der Waals surface area contributed by atoms with Crippen molar-refractivity contribution in [2.24, 2.45) is 0 Å². The van der Waals surface area contributed by atoms with Crippen LogP contribution in [0.25, 0.3) is 5.65 Å². The molecule has 0 aromatic carbocycles. The van der Waals surface area contributed by atoms with E-state index in [4.69, 9.17) is 12.8 Å². The summed E-state index contributed by atoms with van der Waals surface area (Å²) in [5.74, 6) is 1.06. The highest BCUT2D eigenvalue weighted by atomic mass is 32.1. The standard InChI is InChI=1S/C22H21BN6OS/c23-18-12-26-29-20(25-11-15-3-1-6-24-10-15)9-19(27-21(18)29)16-4-2-7-28(13-16)22(30)17-5-8-31-14-17/h1,3,5-6,8-10,12,14,16,25H,2,4,7,11,13H2. The molecule has 9 heteroatoms. The third-order valence-corrected chi connectivity index (χ3v) is 6.29. The minimum atomic E-state index is 0.0887. The molecule has 1 atom stereocenters. The number of likely N-dealkylation sites (tertiary alicyclic amines) is 1. The van der Waals surface area contributed by atoms with Crippen molar-refractivity contribution in [1.29, 1.82) is 0 Å². The van der Waals surface area contributed by atoms with Crippen LogP contribution in [0.3, 0.4) is 0 Å². The largest absolute Gasteiger partial charge is 0.366 e. The first-order valence-corrected chi connectivity index (χ1v) is 11.2. The molecule has 1 N–H and O–H groups in total. The van der Waals surface area contributed by atoms with E-state index in [-0.39, 0.29) is 11.8 Å². The van der Waals surface area contributed by atoms with Crippen molar-refractivity contribution in [1.82, 2.24) is 24.5 Å². The van der Waals surface area contributed by atoms with Crippen molar-refractivity contribution >= 4 is 42.0 Å². The van der Waals surface area contributed by atoms with Gasteiger partial charge in [0.05, 0.1) is 11.3 Å². The molecule has 5 heterocycles. The molecule has 1 amide bonds. The Balaban J connectivity index is 1.42. The second kappa shape index (κ2) is 8.51. The third-order valence-electron chi connectivity index (χ3n) is 5.61. The van der Waals surface area contributed by atoms with Crippen molar-refractivity contribution in [3.63, 3.8) is 0 Å². The number of pyridine rings is 1. The average molecular weight is 428 g/mol. The summed E-state index contributed by atoms with van der Waals surface area (Å²) < 4.78 is 1.73. The molecule has 4 aromatic rings. The van der Waals surface area contributed by atoms with E-state index in [0.717, 1.165) is 42.0 Å². The lowest BCUT2D eigenvalue weighted by Gasteiger charge is -2.32. The minimum Gasteiger partial charge on any atom is -0.366 e. The van der Waals surface area contributed by atoms with Gasteiger partial charge in [-0.2, -0.15) is 21.0 Å². The van der Waals surface area contributed by atoms with Crippen LogP contribution in [0.2, 0.25) is 0 Å². The van der Waals surface area contributed by atoms with Gasteiger partial charge in [-0.05, 0) is 41.4 Å². The minimum absolute atomic E-state index is 0.0887. The number of hydrogen-bond acceptors (Lipinski definition) is 6. The van der Waals surface area contributed by atoms with Gasteiger partial charge in [-0.3, -0.25) is 9.78 Å². The van der Waals surface area contributed by atoms with Gasteiger partial charge in [-0.25, -0.2) is 4.98 Å². The summed E-state index contributed by atoms with van der Waals surface area (Å²) in [6.45, 7) is 2.03. The van der Waals surface area contributed by atoms with E-state index in [9.17, 15) is 4.79 Å². The molecule has 0 spiro atoms. The van der Waals surface area contributed by atoms with Crippen LogP contribution in [0.4, 0.5) is 5.82 Å². The van der Waals surface area contributed by atoms with E-state index in [0.29, 0.717) is 24.2 Å². The lowest BCUT2D eigenvalue weighted by atomic mass is 9.93. The molecule has 154 valence electrons. The zero-order valence-corrected chi connectivity index (χ0v) is 17.8. The number of fused-ring (bicyclic) bond motifs is 1. The Morgan fingerprint density at radius 3 is 3.06 bits per heavy atom. The number of nitrogens with one attached hydrogen (secondary N) is 1. The van der Waals surface area contributed by atoms with Gasteiger partial charge in [-0.15, -0.1) is 0 Å². The molecular weight excluding hydrogens is 407 g/mol. The Hall–Kier alpha value is -3.20. The predicted octanol–water partition coefficient (Wildman–Crippen LogP) is 2.61. The highest BCUT2D eigenvalue weighted by Gasteiger charge is 2.27. The third kappa shape index (κ3) is 4.05. The fourth-order valence-electron chi connectivity index (χ4n) is 4.00. The number of carbonyl (C=O) groups excluding carboxylic acids is 1. The first-order valence-electron chi connectivity index (χ1n) is 10.3. The van der Waals surface area contributed by atoms with Crippen LogP contribution in [0.15, 0.2) is 53.6 Å². The van der Waals surface area contributed by atoms with Gasteiger partial charge in [0.25, 0.3) is 5.91 Å². The number of rotatable bonds is 5. The maximum Gasteiger partial charge on any atom is 0.254 e. The summed E-state index contributed by atoms with van der Waals surface area (Å²) in [6.07, 6.45) is 7.13. The molecule has 1 aliphatic heterocycles. The van der Waals surface area contributed by atoms with Crippen LogP contribution in [-0.2, 0) is 6.54 Å². The van der Waals surface area contributed by atoms with Crippen molar-refractivity contribution in [3.05, 3.63) is 70.4 Å². The molecule has 0 saturated carbocycles. The fourth-order valence-corrected chi connectivity index (χ4v) is 4.63. The molecule has 0 bridgehead atoms. The van der Waals surface area contributed by atoms with E-state index in [2.05, 4.69) is 15.4 Å². The lowest BCUT2D eigenvalue weighted by molar-refractivity contribution is 0.0706. The van der Waals surface area contributed by atoms with Crippen molar-refractivity contribution in [3.8, 4) is 0 Å². The molecule has 7 nitrogen and oxygen atoms in total. The maximum atomic E-state index is 12.8. The van der Waals surface area contributed by atoms with Crippen LogP contribution in [0.1, 0.15) is 40.4 Å². The molecule has 1 aliphatic rings. The fraction of sp³-hybridized carbons (Fsp3) is 0.273. The van der Waals surface area contributed by atoms with E-state index in [1.54, 1.807) is 28.2 Å². The number of carbonyl (C=O) groups is 1. The zero-order chi connectivity index (χ0) is 21.2. The Kier molecular flexibility index (Phi) is 5.42. The molecule has 1 fully saturated rings. The van der Waals surface area contributed by atoms with Gasteiger partial charge in [-0.1, -0.05) is 6.07 Å². The molecule has 2 radical (unpaired) electrons. The van der Waals surface area contributed by atoms with E-state index in [1.165, 1.54) is 0 Å². The molecule has 31 heavy (non-hydrogen) atoms. The summed E-state index contributed by atoms with van der Waals surface area (Å²) in [5, 5.41) is 11.7. The van der Waals surface area contributed by atoms with Crippen LogP contribution >= 0.6 is 11.3 Å². The Morgan fingerprint density at radius 1 is 1.32 bits per heavy atom. The molecule has 1 unspecified atom stereocenters. The topological polar surface area (TPSA) is 75.4 Å². The zero-order valence-electron chi connectivity index (χ0n) is 16.9. The maximum absolute atomic E-state index is 12.8. The summed E-state index contributed by atoms with van der Waals surface area (Å²) in [6, 6.07) is 7.84. The molecule has 0 aliphatic carbocycles. The molecule has 1 saturated heterocycles. The second-order valence-electron chi connectivity index (χ2n) is 7.72. The number of anilines is 1. The number of amides is 1. The number of thiophene rings is 1. The lowest BCUT2D eigenvalue weighted by Crippen LogP contribution is -2.39. The SMILES string of the molecule is [B]c1cnn2c(NCc3cccnc3)cc(C3CCCN(C(=O)c4ccsc4)C3)nc12. The summed E-state index contributed by atoms with van der Waals surface area (Å²) in [4.78, 5) is 23.8. The van der Waals surface area contributed by atoms with Crippen LogP contribution in [-0.4, -0.2) is 51.3 Å². The first kappa shape index (κ1) is 19.7. The summed E-state index contributed by atoms with van der Waals surface area (Å²) in [5.41, 5.74) is 3.92. The van der Waals surface area contributed by atoms with Crippen LogP contribution in [0.5, 0.6) is 0 Å². The monoisotopic (exact) mass is 428 g/mol. The normalized spacial score (nSPS) is 16.5. The quantitative estimate of drug-likeness (QED) is 0.495. The predicted molar refractivity (Wildman–Crippen MR) is 122 cm³/mol. The van der Waals surface area contributed by atoms with Crippen molar-refractivity contribution < 1.29 is 4.79 Å². The van der Waals surface area contributed by atoms with Crippen LogP contribution < -0.4 is 10.8 Å². The Morgan fingerprint density at radius 2 is 2.26 bits per heavy atom. The molecule has 5 rings (SSSR count). The number of hydrogen-bond donors (Lipinski definition) is 1. The van der Waals surface area contributed by atoms with E-state index in [1.807, 2.05) is 46.1 Å².